The van der Waals surface area contributed by atoms with Crippen LogP contribution in [0.25, 0.3) is 0 Å². The van der Waals surface area contributed by atoms with Crippen molar-refractivity contribution in [2.45, 2.75) is 279 Å². The van der Waals surface area contributed by atoms with Gasteiger partial charge >= 0.3 is 17.9 Å². The summed E-state index contributed by atoms with van der Waals surface area (Å²) in [5.74, 6) is -3.90. The zero-order chi connectivity index (χ0) is 66.9. The van der Waals surface area contributed by atoms with E-state index in [0.29, 0.717) is 51.4 Å². The molecule has 5 aliphatic carbocycles. The van der Waals surface area contributed by atoms with Gasteiger partial charge in [-0.2, -0.15) is 0 Å². The minimum absolute atomic E-state index is 0.109. The van der Waals surface area contributed by atoms with Crippen molar-refractivity contribution in [2.24, 2.45) is 50.2 Å². The van der Waals surface area contributed by atoms with Crippen molar-refractivity contribution in [1.82, 2.24) is 0 Å². The van der Waals surface area contributed by atoms with Gasteiger partial charge in [-0.25, -0.2) is 0 Å². The molecule has 92 heavy (non-hydrogen) atoms. The van der Waals surface area contributed by atoms with E-state index in [9.17, 15) is 81.1 Å². The van der Waals surface area contributed by atoms with Gasteiger partial charge in [0.15, 0.2) is 43.5 Å². The molecule has 1 spiro atoms. The molecule has 12 heterocycles. The maximum atomic E-state index is 15.6. The number of hydrogen-bond acceptors (Lipinski definition) is 29. The maximum Gasteiger partial charge on any atom is 0.315 e. The number of carbonyl (C=O) groups excluding carboxylic acids is 3. The van der Waals surface area contributed by atoms with Gasteiger partial charge in [-0.3, -0.25) is 14.4 Å². The Kier molecular flexibility index (Phi) is 19.8. The summed E-state index contributed by atoms with van der Waals surface area (Å²) in [5.41, 5.74) is -5.49. The Morgan fingerprint density at radius 2 is 1.21 bits per heavy atom. The first kappa shape index (κ1) is 70.5. The zero-order valence-corrected chi connectivity index (χ0v) is 53.4. The number of hydrogen-bond donors (Lipinski definition) is 14. The Labute approximate surface area is 533 Å². The second-order valence-electron chi connectivity index (χ2n) is 30.5. The third-order valence-electron chi connectivity index (χ3n) is 24.0. The molecular weight excluding hydrogens is 1220 g/mol. The maximum absolute atomic E-state index is 15.6. The Bertz CT molecular complexity index is 2700. The highest BCUT2D eigenvalue weighted by Gasteiger charge is 2.72. The van der Waals surface area contributed by atoms with Crippen LogP contribution in [0, 0.1) is 50.2 Å². The van der Waals surface area contributed by atoms with E-state index in [0.717, 1.165) is 12.5 Å². The summed E-state index contributed by atoms with van der Waals surface area (Å²) in [7, 11) is 0. The first-order valence-corrected chi connectivity index (χ1v) is 32.6. The summed E-state index contributed by atoms with van der Waals surface area (Å²) in [6.07, 6.45) is -36.9. The smallest absolute Gasteiger partial charge is 0.315 e. The van der Waals surface area contributed by atoms with Crippen LogP contribution in [0.2, 0.25) is 0 Å². The van der Waals surface area contributed by atoms with Gasteiger partial charge < -0.3 is 128 Å². The lowest BCUT2D eigenvalue weighted by atomic mass is 9.33. The molecule has 4 saturated carbocycles. The minimum Gasteiger partial charge on any atom is -0.457 e. The lowest BCUT2D eigenvalue weighted by molar-refractivity contribution is -0.377. The molecule has 33 atom stereocenters. The van der Waals surface area contributed by atoms with Crippen molar-refractivity contribution in [1.29, 1.82) is 0 Å². The molecule has 14 N–H and O–H groups in total. The van der Waals surface area contributed by atoms with E-state index in [4.69, 9.17) is 56.8 Å². The Balaban J connectivity index is 0.951. The first-order valence-electron chi connectivity index (χ1n) is 32.6. The van der Waals surface area contributed by atoms with Crippen LogP contribution in [-0.2, 0) is 71.2 Å². The number of rotatable bonds is 4. The summed E-state index contributed by atoms with van der Waals surface area (Å²) in [5, 5.41) is 159. The Morgan fingerprint density at radius 3 is 1.90 bits per heavy atom. The molecule has 0 aromatic carbocycles. The SMILES string of the molecule is CC1OC2OC3[C@@H](OC[C@H](O)[C@@H]3O)OC(=O)[C@]34CCC(C)(C)C[C@H]3C3=CC[C@@H]5[C@@]6(C)C[C@H](O)[C@H](O[C@@H]7OC(CO)[C@@H](O)[C@H](O)C7O[C@@H]7OC[C@@H](OC(=O)C[C@](C)(O)CC(=O)O[C@@H]1C(O[C@@H]1OC[C@@H](O)[C@H](O)C1O)[C@@H]2O)C(O)C7O)[C@@](C)(CO)[C@@H]6CC[C@@]5(C)[C@]3(C)CC4. The molecule has 29 nitrogen and oxygen atoms in total. The van der Waals surface area contributed by atoms with Gasteiger partial charge in [0.25, 0.3) is 0 Å². The van der Waals surface area contributed by atoms with E-state index in [1.165, 1.54) is 6.92 Å². The third kappa shape index (κ3) is 12.1. The second kappa shape index (κ2) is 25.8. The molecule has 12 fully saturated rings. The van der Waals surface area contributed by atoms with Crippen molar-refractivity contribution in [3.8, 4) is 0 Å². The molecule has 12 aliphatic heterocycles. The number of carbonyl (C=O) groups is 3. The fourth-order valence-electron chi connectivity index (χ4n) is 18.5. The van der Waals surface area contributed by atoms with Crippen molar-refractivity contribution >= 4 is 17.9 Å². The highest BCUT2D eigenvalue weighted by Crippen LogP contribution is 2.76. The lowest BCUT2D eigenvalue weighted by Gasteiger charge is -2.72. The highest BCUT2D eigenvalue weighted by atomic mass is 16.8. The van der Waals surface area contributed by atoms with E-state index in [2.05, 4.69) is 40.7 Å². The van der Waals surface area contributed by atoms with Crippen LogP contribution in [0.1, 0.15) is 126 Å². The zero-order valence-electron chi connectivity index (χ0n) is 53.4. The molecule has 17 aliphatic rings. The Hall–Kier alpha value is -2.77. The van der Waals surface area contributed by atoms with Crippen LogP contribution in [0.3, 0.4) is 0 Å². The molecule has 0 aromatic heterocycles. The molecule has 0 radical (unpaired) electrons. The quantitative estimate of drug-likeness (QED) is 0.0590. The van der Waals surface area contributed by atoms with Crippen molar-refractivity contribution < 1.29 is 143 Å². The fourth-order valence-corrected chi connectivity index (χ4v) is 18.5. The van der Waals surface area contributed by atoms with Gasteiger partial charge in [0.2, 0.25) is 6.29 Å². The van der Waals surface area contributed by atoms with Crippen molar-refractivity contribution in [2.75, 3.05) is 33.0 Å². The van der Waals surface area contributed by atoms with E-state index in [1.54, 1.807) is 0 Å². The Morgan fingerprint density at radius 1 is 0.565 bits per heavy atom. The van der Waals surface area contributed by atoms with Gasteiger partial charge in [0.05, 0.1) is 75.2 Å². The summed E-state index contributed by atoms with van der Waals surface area (Å²) in [4.78, 5) is 43.1. The predicted molar refractivity (Wildman–Crippen MR) is 306 cm³/mol. The monoisotopic (exact) mass is 1320 g/mol. The van der Waals surface area contributed by atoms with Gasteiger partial charge in [-0.05, 0) is 111 Å². The number of allylic oxidation sites excluding steroid dienone is 2. The van der Waals surface area contributed by atoms with Crippen LogP contribution in [0.5, 0.6) is 0 Å². The van der Waals surface area contributed by atoms with Crippen molar-refractivity contribution in [3.63, 3.8) is 0 Å². The molecule has 524 valence electrons. The topological polar surface area (TPSA) is 445 Å². The molecule has 8 saturated heterocycles. The van der Waals surface area contributed by atoms with Gasteiger partial charge in [0.1, 0.15) is 79.4 Å². The molecule has 17 rings (SSSR count). The number of aliphatic hydroxyl groups excluding tert-OH is 13. The number of esters is 3. The average molecular weight is 1320 g/mol. The van der Waals surface area contributed by atoms with Crippen LogP contribution < -0.4 is 0 Å². The van der Waals surface area contributed by atoms with E-state index in [-0.39, 0.29) is 29.6 Å². The normalized spacial score (nSPS) is 54.4. The lowest BCUT2D eigenvalue weighted by Crippen LogP contribution is -2.70. The number of ether oxygens (including phenoxy) is 12. The van der Waals surface area contributed by atoms with E-state index >= 15 is 4.79 Å². The largest absolute Gasteiger partial charge is 0.457 e. The first-order chi connectivity index (χ1) is 43.1. The van der Waals surface area contributed by atoms with Gasteiger partial charge in [-0.15, -0.1) is 0 Å². The molecular formula is C63H98O29. The van der Waals surface area contributed by atoms with E-state index in [1.807, 2.05) is 6.92 Å². The van der Waals surface area contributed by atoms with Crippen LogP contribution in [-0.4, -0.2) is 275 Å². The summed E-state index contributed by atoms with van der Waals surface area (Å²) < 4.78 is 72.3. The molecule has 0 amide bonds. The van der Waals surface area contributed by atoms with Crippen LogP contribution >= 0.6 is 0 Å². The molecule has 9 unspecified atom stereocenters. The average Bonchev–Trinajstić information content (AvgIpc) is 0.674. The summed E-state index contributed by atoms with van der Waals surface area (Å²) in [6.45, 7) is 12.2. The predicted octanol–water partition coefficient (Wildman–Crippen LogP) is -2.68. The molecule has 29 heteroatoms. The van der Waals surface area contributed by atoms with Gasteiger partial charge in [-0.1, -0.05) is 53.2 Å². The number of aliphatic hydroxyl groups is 14. The minimum atomic E-state index is -2.29. The van der Waals surface area contributed by atoms with Crippen LogP contribution in [0.4, 0.5) is 0 Å². The molecule has 12 bridgehead atoms. The van der Waals surface area contributed by atoms with Crippen molar-refractivity contribution in [3.05, 3.63) is 11.6 Å². The third-order valence-corrected chi connectivity index (χ3v) is 24.0. The highest BCUT2D eigenvalue weighted by molar-refractivity contribution is 5.79. The summed E-state index contributed by atoms with van der Waals surface area (Å²) in [6, 6.07) is 0. The fraction of sp³-hybridized carbons (Fsp3) is 0.921. The van der Waals surface area contributed by atoms with Gasteiger partial charge in [0, 0.05) is 5.41 Å². The molecule has 0 aromatic rings. The summed E-state index contributed by atoms with van der Waals surface area (Å²) >= 11 is 0. The standard InChI is InChI=1S/C63H98O29/c1-26-46-47(88-51-43(76)38(71)30(67)22-81-51)45(78)53(84-26)90-48-39(72)31(68)23-82-54(48)92-56(79)63-15-13-57(2,3)17-28(63)27-9-10-35-59(5)18-29(66)50(60(6,25-65)34(59)11-12-62(35,8)61(27,7)14-16-63)91-55-49(42(75)40(73)32(21-64)86-55)89-52-44(77)41(74)33(24-83-52)85-36(69)19-58(4,80)20-37(70)87-46/h9,26,28-35,38-55,64-68,71-78,80H,10-25H2,1-8H3/t26?,28-,29-,30+,31-,32?,33+,34+,35+,38-,39-,40+,41?,42-,43?,44?,45-,46-,47?,48?,49?,50-,51-,52-,53?,54-,55-,58-,59-,60-,61+,62+,63-/m0/s1. The second-order valence-corrected chi connectivity index (χ2v) is 30.5. The van der Waals surface area contributed by atoms with E-state index < -0.39 is 244 Å². The van der Waals surface area contributed by atoms with Crippen LogP contribution in [0.15, 0.2) is 11.6 Å².